The summed E-state index contributed by atoms with van der Waals surface area (Å²) in [6, 6.07) is 0. The Morgan fingerprint density at radius 2 is 2.00 bits per heavy atom. The quantitative estimate of drug-likeness (QED) is 0.434. The van der Waals surface area contributed by atoms with Crippen molar-refractivity contribution in [2.24, 2.45) is 4.99 Å². The second kappa shape index (κ2) is 4.04. The Morgan fingerprint density at radius 1 is 1.50 bits per heavy atom. The number of nitrogens with one attached hydrogen (secondary N) is 1. The summed E-state index contributed by atoms with van der Waals surface area (Å²) in [5.41, 5.74) is 0. The van der Waals surface area contributed by atoms with Gasteiger partial charge in [-0.1, -0.05) is 6.92 Å². The minimum atomic E-state index is 0.366. The Bertz CT molecular complexity index is 147. The van der Waals surface area contributed by atoms with E-state index in [-0.39, 0.29) is 0 Å². The number of aliphatic imine (C=N–C) groups is 1. The standard InChI is InChI=1S/C7H15N3/c1-5-7(10(3)4)9-6(2)8/h8H,5H2,1-4H3. The molecular weight excluding hydrogens is 126 g/mol. The molecule has 0 saturated carbocycles. The van der Waals surface area contributed by atoms with Crippen LogP contribution in [0.1, 0.15) is 20.3 Å². The van der Waals surface area contributed by atoms with Crippen LogP contribution in [0.5, 0.6) is 0 Å². The van der Waals surface area contributed by atoms with Crippen molar-refractivity contribution in [3.63, 3.8) is 0 Å². The lowest BCUT2D eigenvalue weighted by molar-refractivity contribution is 0.608. The van der Waals surface area contributed by atoms with Crippen LogP contribution in [0.15, 0.2) is 4.99 Å². The van der Waals surface area contributed by atoms with Crippen LogP contribution in [0.2, 0.25) is 0 Å². The molecule has 58 valence electrons. The smallest absolute Gasteiger partial charge is 0.119 e. The highest BCUT2D eigenvalue weighted by atomic mass is 15.1. The van der Waals surface area contributed by atoms with Crippen molar-refractivity contribution in [2.75, 3.05) is 14.1 Å². The number of hydrogen-bond acceptors (Lipinski definition) is 1. The van der Waals surface area contributed by atoms with Gasteiger partial charge in [-0.3, -0.25) is 5.41 Å². The lowest BCUT2D eigenvalue weighted by Crippen LogP contribution is -2.21. The molecule has 0 amide bonds. The fraction of sp³-hybridized carbons (Fsp3) is 0.714. The highest BCUT2D eigenvalue weighted by Crippen LogP contribution is 1.90. The van der Waals surface area contributed by atoms with Crippen molar-refractivity contribution in [3.8, 4) is 0 Å². The first-order valence-corrected chi connectivity index (χ1v) is 3.38. The van der Waals surface area contributed by atoms with Crippen LogP contribution in [0.3, 0.4) is 0 Å². The van der Waals surface area contributed by atoms with Gasteiger partial charge in [0.05, 0.1) is 0 Å². The highest BCUT2D eigenvalue weighted by Gasteiger charge is 1.96. The van der Waals surface area contributed by atoms with E-state index in [1.54, 1.807) is 6.92 Å². The molecule has 1 N–H and O–H groups in total. The summed E-state index contributed by atoms with van der Waals surface area (Å²) < 4.78 is 0. The Labute approximate surface area is 62.3 Å². The van der Waals surface area contributed by atoms with Crippen molar-refractivity contribution in [2.45, 2.75) is 20.3 Å². The average molecular weight is 141 g/mol. The summed E-state index contributed by atoms with van der Waals surface area (Å²) in [5, 5.41) is 7.11. The van der Waals surface area contributed by atoms with Crippen LogP contribution in [0.4, 0.5) is 0 Å². The van der Waals surface area contributed by atoms with Crippen LogP contribution >= 0.6 is 0 Å². The summed E-state index contributed by atoms with van der Waals surface area (Å²) >= 11 is 0. The van der Waals surface area contributed by atoms with Gasteiger partial charge in [0, 0.05) is 20.5 Å². The fourth-order valence-electron chi connectivity index (χ4n) is 0.689. The van der Waals surface area contributed by atoms with Gasteiger partial charge in [0.2, 0.25) is 0 Å². The Balaban J connectivity index is 4.18. The third-order valence-electron chi connectivity index (χ3n) is 1.13. The molecule has 0 aliphatic rings. The average Bonchev–Trinajstić information content (AvgIpc) is 1.81. The zero-order valence-corrected chi connectivity index (χ0v) is 7.10. The van der Waals surface area contributed by atoms with Gasteiger partial charge in [-0.25, -0.2) is 4.99 Å². The summed E-state index contributed by atoms with van der Waals surface area (Å²) in [6.07, 6.45) is 0.878. The van der Waals surface area contributed by atoms with E-state index < -0.39 is 0 Å². The van der Waals surface area contributed by atoms with E-state index in [2.05, 4.69) is 4.99 Å². The van der Waals surface area contributed by atoms with E-state index in [1.165, 1.54) is 0 Å². The molecule has 0 radical (unpaired) electrons. The predicted molar refractivity (Wildman–Crippen MR) is 44.8 cm³/mol. The zero-order chi connectivity index (χ0) is 8.15. The number of nitrogens with zero attached hydrogens (tertiary/aromatic N) is 2. The highest BCUT2D eigenvalue weighted by molar-refractivity contribution is 5.94. The van der Waals surface area contributed by atoms with E-state index in [0.29, 0.717) is 5.84 Å². The largest absolute Gasteiger partial charge is 0.366 e. The Morgan fingerprint density at radius 3 is 2.10 bits per heavy atom. The van der Waals surface area contributed by atoms with Gasteiger partial charge < -0.3 is 4.90 Å². The minimum Gasteiger partial charge on any atom is -0.366 e. The van der Waals surface area contributed by atoms with E-state index in [4.69, 9.17) is 5.41 Å². The zero-order valence-electron chi connectivity index (χ0n) is 7.10. The molecule has 0 aliphatic carbocycles. The van der Waals surface area contributed by atoms with Crippen molar-refractivity contribution < 1.29 is 0 Å². The predicted octanol–water partition coefficient (Wildman–Crippen LogP) is 1.35. The van der Waals surface area contributed by atoms with Gasteiger partial charge in [0.1, 0.15) is 11.7 Å². The molecule has 3 nitrogen and oxygen atoms in total. The number of amidine groups is 2. The van der Waals surface area contributed by atoms with Crippen molar-refractivity contribution in [1.29, 1.82) is 5.41 Å². The summed E-state index contributed by atoms with van der Waals surface area (Å²) in [6.45, 7) is 3.71. The van der Waals surface area contributed by atoms with Crippen LogP contribution in [-0.2, 0) is 0 Å². The number of rotatable bonds is 1. The monoisotopic (exact) mass is 141 g/mol. The first kappa shape index (κ1) is 9.14. The molecule has 0 aliphatic heterocycles. The molecule has 0 rings (SSSR count). The van der Waals surface area contributed by atoms with Gasteiger partial charge in [-0.05, 0) is 6.92 Å². The lowest BCUT2D eigenvalue weighted by Gasteiger charge is -2.12. The molecule has 0 unspecified atom stereocenters. The van der Waals surface area contributed by atoms with Gasteiger partial charge >= 0.3 is 0 Å². The third kappa shape index (κ3) is 3.22. The molecule has 3 heteroatoms. The molecule has 0 aromatic carbocycles. The molecule has 0 bridgehead atoms. The maximum Gasteiger partial charge on any atom is 0.119 e. The topological polar surface area (TPSA) is 39.5 Å². The van der Waals surface area contributed by atoms with Crippen LogP contribution in [-0.4, -0.2) is 30.7 Å². The molecule has 10 heavy (non-hydrogen) atoms. The molecule has 0 fully saturated rings. The maximum atomic E-state index is 7.11. The summed E-state index contributed by atoms with van der Waals surface area (Å²) in [7, 11) is 3.87. The van der Waals surface area contributed by atoms with Crippen LogP contribution in [0, 0.1) is 5.41 Å². The molecular formula is C7H15N3. The van der Waals surface area contributed by atoms with Crippen LogP contribution < -0.4 is 0 Å². The van der Waals surface area contributed by atoms with Gasteiger partial charge in [-0.15, -0.1) is 0 Å². The van der Waals surface area contributed by atoms with Crippen LogP contribution in [0.25, 0.3) is 0 Å². The third-order valence-corrected chi connectivity index (χ3v) is 1.13. The lowest BCUT2D eigenvalue weighted by atomic mass is 10.4. The van der Waals surface area contributed by atoms with Gasteiger partial charge in [0.15, 0.2) is 0 Å². The van der Waals surface area contributed by atoms with E-state index in [9.17, 15) is 0 Å². The van der Waals surface area contributed by atoms with E-state index >= 15 is 0 Å². The van der Waals surface area contributed by atoms with Crippen molar-refractivity contribution in [3.05, 3.63) is 0 Å². The summed E-state index contributed by atoms with van der Waals surface area (Å²) in [4.78, 5) is 5.95. The molecule has 0 spiro atoms. The first-order valence-electron chi connectivity index (χ1n) is 3.38. The fourth-order valence-corrected chi connectivity index (χ4v) is 0.689. The molecule has 0 atom stereocenters. The molecule has 0 aromatic rings. The molecule has 0 heterocycles. The maximum absolute atomic E-state index is 7.11. The van der Waals surface area contributed by atoms with Gasteiger partial charge in [-0.2, -0.15) is 0 Å². The van der Waals surface area contributed by atoms with Crippen molar-refractivity contribution in [1.82, 2.24) is 4.90 Å². The second-order valence-corrected chi connectivity index (χ2v) is 2.36. The SMILES string of the molecule is CCC(=NC(C)=N)N(C)C. The Hall–Kier alpha value is -0.860. The summed E-state index contributed by atoms with van der Waals surface area (Å²) in [5.74, 6) is 1.32. The van der Waals surface area contributed by atoms with Crippen molar-refractivity contribution >= 4 is 11.7 Å². The van der Waals surface area contributed by atoms with Gasteiger partial charge in [0.25, 0.3) is 0 Å². The van der Waals surface area contributed by atoms with E-state index in [1.807, 2.05) is 25.9 Å². The van der Waals surface area contributed by atoms with E-state index in [0.717, 1.165) is 12.3 Å². The second-order valence-electron chi connectivity index (χ2n) is 2.36. The first-order chi connectivity index (χ1) is 4.57. The number of hydrogen-bond donors (Lipinski definition) is 1. The molecule has 0 saturated heterocycles. The Kier molecular flexibility index (Phi) is 3.69. The normalized spacial score (nSPS) is 11.4. The molecule has 0 aromatic heterocycles. The minimum absolute atomic E-state index is 0.366.